The van der Waals surface area contributed by atoms with Crippen LogP contribution < -0.4 is 0 Å². The maximum atomic E-state index is 12.0. The van der Waals surface area contributed by atoms with Crippen molar-refractivity contribution in [1.82, 2.24) is 0 Å². The molecule has 0 saturated heterocycles. The zero-order valence-corrected chi connectivity index (χ0v) is 13.0. The Morgan fingerprint density at radius 3 is 2.78 bits per heavy atom. The summed E-state index contributed by atoms with van der Waals surface area (Å²) in [5.74, 6) is 0.894. The first-order chi connectivity index (χ1) is 8.69. The predicted molar refractivity (Wildman–Crippen MR) is 76.7 cm³/mol. The standard InChI is InChI=1S/C13H19BrO3S/c1-16-12(15)13(9-18-8-11(13)14)17-7-10-5-3-2-4-6-10/h8,10H,2-7,9H2,1H3. The first-order valence-corrected chi connectivity index (χ1v) is 8.23. The molecule has 0 aromatic rings. The topological polar surface area (TPSA) is 35.5 Å². The molecule has 18 heavy (non-hydrogen) atoms. The number of esters is 1. The van der Waals surface area contributed by atoms with Crippen molar-refractivity contribution in [3.63, 3.8) is 0 Å². The molecular weight excluding hydrogens is 316 g/mol. The number of rotatable bonds is 4. The van der Waals surface area contributed by atoms with E-state index in [9.17, 15) is 4.79 Å². The molecule has 0 spiro atoms. The van der Waals surface area contributed by atoms with E-state index in [0.29, 0.717) is 18.3 Å². The lowest BCUT2D eigenvalue weighted by atomic mass is 9.90. The van der Waals surface area contributed by atoms with Gasteiger partial charge in [-0.25, -0.2) is 4.79 Å². The van der Waals surface area contributed by atoms with Crippen molar-refractivity contribution in [2.24, 2.45) is 5.92 Å². The summed E-state index contributed by atoms with van der Waals surface area (Å²) in [5, 5.41) is 1.93. The minimum Gasteiger partial charge on any atom is -0.467 e. The first-order valence-electron chi connectivity index (χ1n) is 6.39. The number of carbonyl (C=O) groups is 1. The van der Waals surface area contributed by atoms with Gasteiger partial charge in [-0.3, -0.25) is 0 Å². The van der Waals surface area contributed by atoms with Gasteiger partial charge in [0.25, 0.3) is 0 Å². The SMILES string of the molecule is COC(=O)C1(OCC2CCCCC2)CSC=C1Br. The zero-order valence-electron chi connectivity index (χ0n) is 10.6. The third-order valence-electron chi connectivity index (χ3n) is 3.66. The van der Waals surface area contributed by atoms with Crippen molar-refractivity contribution in [3.05, 3.63) is 9.89 Å². The summed E-state index contributed by atoms with van der Waals surface area (Å²) in [5.41, 5.74) is -0.906. The van der Waals surface area contributed by atoms with Gasteiger partial charge in [0.15, 0.2) is 0 Å². The number of methoxy groups -OCH3 is 1. The summed E-state index contributed by atoms with van der Waals surface area (Å²) in [6, 6.07) is 0. The van der Waals surface area contributed by atoms with Crippen LogP contribution in [0.4, 0.5) is 0 Å². The van der Waals surface area contributed by atoms with E-state index in [-0.39, 0.29) is 5.97 Å². The Kier molecular flexibility index (Phi) is 5.15. The van der Waals surface area contributed by atoms with E-state index in [0.717, 1.165) is 4.48 Å². The van der Waals surface area contributed by atoms with E-state index in [1.54, 1.807) is 11.8 Å². The van der Waals surface area contributed by atoms with Crippen LogP contribution in [0.2, 0.25) is 0 Å². The summed E-state index contributed by atoms with van der Waals surface area (Å²) < 4.78 is 11.7. The largest absolute Gasteiger partial charge is 0.467 e. The lowest BCUT2D eigenvalue weighted by Gasteiger charge is -2.30. The minimum atomic E-state index is -0.906. The zero-order chi connectivity index (χ0) is 13.0. The molecule has 3 nitrogen and oxygen atoms in total. The van der Waals surface area contributed by atoms with Crippen molar-refractivity contribution in [2.75, 3.05) is 19.5 Å². The Morgan fingerprint density at radius 1 is 1.50 bits per heavy atom. The summed E-state index contributed by atoms with van der Waals surface area (Å²) in [6.45, 7) is 0.651. The molecule has 2 rings (SSSR count). The second kappa shape index (κ2) is 6.44. The quantitative estimate of drug-likeness (QED) is 0.737. The highest BCUT2D eigenvalue weighted by molar-refractivity contribution is 9.12. The third-order valence-corrected chi connectivity index (χ3v) is 5.81. The number of carbonyl (C=O) groups excluding carboxylic acids is 1. The van der Waals surface area contributed by atoms with Crippen molar-refractivity contribution < 1.29 is 14.3 Å². The van der Waals surface area contributed by atoms with Gasteiger partial charge in [-0.2, -0.15) is 0 Å². The van der Waals surface area contributed by atoms with E-state index in [2.05, 4.69) is 15.9 Å². The second-order valence-electron chi connectivity index (χ2n) is 4.91. The highest BCUT2D eigenvalue weighted by Gasteiger charge is 2.47. The van der Waals surface area contributed by atoms with E-state index >= 15 is 0 Å². The Bertz CT molecular complexity index is 339. The summed E-state index contributed by atoms with van der Waals surface area (Å²) in [7, 11) is 1.41. The molecule has 1 heterocycles. The van der Waals surface area contributed by atoms with Gasteiger partial charge < -0.3 is 9.47 Å². The van der Waals surface area contributed by atoms with Gasteiger partial charge in [-0.15, -0.1) is 11.8 Å². The highest BCUT2D eigenvalue weighted by atomic mass is 79.9. The van der Waals surface area contributed by atoms with Crippen LogP contribution in [0.25, 0.3) is 0 Å². The second-order valence-corrected chi connectivity index (χ2v) is 6.62. The molecule has 1 atom stereocenters. The molecule has 1 saturated carbocycles. The van der Waals surface area contributed by atoms with Gasteiger partial charge in [0.05, 0.1) is 13.7 Å². The Hall–Kier alpha value is -0.000000000000000111. The number of thioether (sulfide) groups is 1. The molecule has 0 radical (unpaired) electrons. The predicted octanol–water partition coefficient (Wildman–Crippen LogP) is 3.48. The van der Waals surface area contributed by atoms with E-state index in [1.807, 2.05) is 5.41 Å². The fraction of sp³-hybridized carbons (Fsp3) is 0.769. The average molecular weight is 335 g/mol. The van der Waals surface area contributed by atoms with E-state index in [1.165, 1.54) is 39.2 Å². The van der Waals surface area contributed by atoms with Crippen molar-refractivity contribution in [3.8, 4) is 0 Å². The molecule has 1 unspecified atom stereocenters. The summed E-state index contributed by atoms with van der Waals surface area (Å²) >= 11 is 5.03. The molecule has 0 aromatic heterocycles. The van der Waals surface area contributed by atoms with Crippen LogP contribution in [0.15, 0.2) is 9.89 Å². The number of hydrogen-bond donors (Lipinski definition) is 0. The van der Waals surface area contributed by atoms with Crippen molar-refractivity contribution >= 4 is 33.7 Å². The molecular formula is C13H19BrO3S. The normalized spacial score (nSPS) is 29.1. The van der Waals surface area contributed by atoms with Crippen LogP contribution >= 0.6 is 27.7 Å². The van der Waals surface area contributed by atoms with Gasteiger partial charge in [0, 0.05) is 10.2 Å². The molecule has 0 amide bonds. The van der Waals surface area contributed by atoms with E-state index in [4.69, 9.17) is 9.47 Å². The Morgan fingerprint density at radius 2 is 2.22 bits per heavy atom. The van der Waals surface area contributed by atoms with Crippen molar-refractivity contribution in [1.29, 1.82) is 0 Å². The molecule has 5 heteroatoms. The fourth-order valence-corrected chi connectivity index (χ4v) is 4.51. The van der Waals surface area contributed by atoms with Crippen LogP contribution in [0.5, 0.6) is 0 Å². The Balaban J connectivity index is 1.98. The van der Waals surface area contributed by atoms with Crippen molar-refractivity contribution in [2.45, 2.75) is 37.7 Å². The lowest BCUT2D eigenvalue weighted by Crippen LogP contribution is -2.44. The molecule has 1 fully saturated rings. The molecule has 0 aromatic carbocycles. The van der Waals surface area contributed by atoms with E-state index < -0.39 is 5.60 Å². The third kappa shape index (κ3) is 2.94. The van der Waals surface area contributed by atoms with Crippen LogP contribution in [0.1, 0.15) is 32.1 Å². The van der Waals surface area contributed by atoms with Gasteiger partial charge in [0.2, 0.25) is 5.60 Å². The smallest absolute Gasteiger partial charge is 0.344 e. The number of hydrogen-bond acceptors (Lipinski definition) is 4. The molecule has 102 valence electrons. The average Bonchev–Trinajstić information content (AvgIpc) is 2.79. The molecule has 0 N–H and O–H groups in total. The van der Waals surface area contributed by atoms with Crippen LogP contribution in [-0.2, 0) is 14.3 Å². The Labute approximate surface area is 121 Å². The van der Waals surface area contributed by atoms with Gasteiger partial charge in [0.1, 0.15) is 0 Å². The van der Waals surface area contributed by atoms with Gasteiger partial charge in [-0.1, -0.05) is 35.2 Å². The first kappa shape index (κ1) is 14.4. The maximum absolute atomic E-state index is 12.0. The highest BCUT2D eigenvalue weighted by Crippen LogP contribution is 2.40. The van der Waals surface area contributed by atoms with Gasteiger partial charge >= 0.3 is 5.97 Å². The van der Waals surface area contributed by atoms with Gasteiger partial charge in [-0.05, 0) is 24.2 Å². The summed E-state index contributed by atoms with van der Waals surface area (Å²) in [6.07, 6.45) is 6.32. The molecule has 0 bridgehead atoms. The van der Waals surface area contributed by atoms with Crippen LogP contribution in [0.3, 0.4) is 0 Å². The minimum absolute atomic E-state index is 0.300. The maximum Gasteiger partial charge on any atom is 0.344 e. The number of ether oxygens (including phenoxy) is 2. The molecule has 1 aliphatic carbocycles. The lowest BCUT2D eigenvalue weighted by molar-refractivity contribution is -0.162. The summed E-state index contributed by atoms with van der Waals surface area (Å²) in [4.78, 5) is 12.0. The fourth-order valence-electron chi connectivity index (χ4n) is 2.50. The molecule has 1 aliphatic heterocycles. The molecule has 2 aliphatic rings. The monoisotopic (exact) mass is 334 g/mol. The van der Waals surface area contributed by atoms with Crippen LogP contribution in [-0.4, -0.2) is 31.0 Å². The van der Waals surface area contributed by atoms with Crippen LogP contribution in [0, 0.1) is 5.92 Å². The number of halogens is 1.